The fourth-order valence-electron chi connectivity index (χ4n) is 2.38. The summed E-state index contributed by atoms with van der Waals surface area (Å²) in [5, 5.41) is 4.87. The number of rotatable bonds is 5. The number of nitrogens with one attached hydrogen (secondary N) is 1. The van der Waals surface area contributed by atoms with Crippen LogP contribution in [0.5, 0.6) is 5.75 Å². The SMILES string of the molecule is CCOc1cccc2cc(/C(C)=N\NC(=O)c3ccccc3F)oc12. The molecule has 0 radical (unpaired) electrons. The molecule has 1 heterocycles. The number of halogens is 1. The van der Waals surface area contributed by atoms with E-state index in [9.17, 15) is 9.18 Å². The average molecular weight is 340 g/mol. The van der Waals surface area contributed by atoms with Crippen molar-refractivity contribution in [2.24, 2.45) is 5.10 Å². The smallest absolute Gasteiger partial charge is 0.274 e. The molecule has 0 saturated heterocycles. The molecule has 25 heavy (non-hydrogen) atoms. The van der Waals surface area contributed by atoms with Crippen molar-refractivity contribution in [3.8, 4) is 5.75 Å². The van der Waals surface area contributed by atoms with Crippen molar-refractivity contribution in [2.45, 2.75) is 13.8 Å². The first-order valence-corrected chi connectivity index (χ1v) is 7.85. The summed E-state index contributed by atoms with van der Waals surface area (Å²) in [5.74, 6) is -0.0769. The summed E-state index contributed by atoms with van der Waals surface area (Å²) >= 11 is 0. The minimum atomic E-state index is -0.622. The van der Waals surface area contributed by atoms with Crippen LogP contribution in [0.2, 0.25) is 0 Å². The van der Waals surface area contributed by atoms with E-state index in [1.807, 2.05) is 31.2 Å². The van der Waals surface area contributed by atoms with Gasteiger partial charge in [-0.25, -0.2) is 9.82 Å². The molecule has 2 aromatic carbocycles. The van der Waals surface area contributed by atoms with Gasteiger partial charge in [0.25, 0.3) is 5.91 Å². The van der Waals surface area contributed by atoms with Crippen molar-refractivity contribution in [3.63, 3.8) is 0 Å². The number of hydrogen-bond donors (Lipinski definition) is 1. The molecule has 0 aliphatic heterocycles. The van der Waals surface area contributed by atoms with Crippen LogP contribution in [0.15, 0.2) is 58.0 Å². The highest BCUT2D eigenvalue weighted by molar-refractivity contribution is 6.02. The van der Waals surface area contributed by atoms with Crippen LogP contribution in [0, 0.1) is 5.82 Å². The molecule has 6 heteroatoms. The monoisotopic (exact) mass is 340 g/mol. The van der Waals surface area contributed by atoms with Gasteiger partial charge < -0.3 is 9.15 Å². The van der Waals surface area contributed by atoms with Crippen molar-refractivity contribution >= 4 is 22.6 Å². The summed E-state index contributed by atoms with van der Waals surface area (Å²) in [6, 6.07) is 13.1. The summed E-state index contributed by atoms with van der Waals surface area (Å²) in [6.45, 7) is 4.12. The van der Waals surface area contributed by atoms with Gasteiger partial charge in [0.15, 0.2) is 17.1 Å². The van der Waals surface area contributed by atoms with E-state index in [1.54, 1.807) is 13.0 Å². The minimum Gasteiger partial charge on any atom is -0.490 e. The number of ether oxygens (including phenoxy) is 1. The summed E-state index contributed by atoms with van der Waals surface area (Å²) in [4.78, 5) is 12.0. The number of hydrogen-bond acceptors (Lipinski definition) is 4. The van der Waals surface area contributed by atoms with E-state index in [-0.39, 0.29) is 5.56 Å². The molecule has 1 aromatic heterocycles. The lowest BCUT2D eigenvalue weighted by Crippen LogP contribution is -2.20. The van der Waals surface area contributed by atoms with Crippen molar-refractivity contribution in [1.82, 2.24) is 5.43 Å². The van der Waals surface area contributed by atoms with Crippen LogP contribution < -0.4 is 10.2 Å². The Balaban J connectivity index is 1.83. The molecular weight excluding hydrogens is 323 g/mol. The normalized spacial score (nSPS) is 11.6. The maximum absolute atomic E-state index is 13.6. The van der Waals surface area contributed by atoms with Crippen LogP contribution in [0.25, 0.3) is 11.0 Å². The van der Waals surface area contributed by atoms with Gasteiger partial charge >= 0.3 is 0 Å². The zero-order chi connectivity index (χ0) is 17.8. The molecule has 3 rings (SSSR count). The Labute approximate surface area is 144 Å². The van der Waals surface area contributed by atoms with Gasteiger partial charge in [-0.3, -0.25) is 4.79 Å². The lowest BCUT2D eigenvalue weighted by atomic mass is 10.2. The predicted octanol–water partition coefficient (Wildman–Crippen LogP) is 4.12. The molecule has 0 spiro atoms. The first-order chi connectivity index (χ1) is 12.1. The van der Waals surface area contributed by atoms with Gasteiger partial charge in [-0.2, -0.15) is 5.10 Å². The number of carbonyl (C=O) groups excluding carboxylic acids is 1. The van der Waals surface area contributed by atoms with Crippen LogP contribution in [-0.4, -0.2) is 18.2 Å². The lowest BCUT2D eigenvalue weighted by molar-refractivity contribution is 0.0951. The number of furan rings is 1. The van der Waals surface area contributed by atoms with Crippen molar-refractivity contribution < 1.29 is 18.3 Å². The Morgan fingerprint density at radius 3 is 2.80 bits per heavy atom. The molecule has 1 amide bonds. The number of para-hydroxylation sites is 1. The van der Waals surface area contributed by atoms with E-state index in [0.717, 1.165) is 5.39 Å². The molecule has 0 atom stereocenters. The third kappa shape index (κ3) is 3.52. The topological polar surface area (TPSA) is 63.8 Å². The number of nitrogens with zero attached hydrogens (tertiary/aromatic N) is 1. The van der Waals surface area contributed by atoms with Crippen LogP contribution in [0.3, 0.4) is 0 Å². The van der Waals surface area contributed by atoms with Crippen LogP contribution in [0.4, 0.5) is 4.39 Å². The molecule has 0 fully saturated rings. The van der Waals surface area contributed by atoms with Gasteiger partial charge in [-0.15, -0.1) is 0 Å². The van der Waals surface area contributed by atoms with Gasteiger partial charge in [0.2, 0.25) is 0 Å². The van der Waals surface area contributed by atoms with Crippen LogP contribution >= 0.6 is 0 Å². The average Bonchev–Trinajstić information content (AvgIpc) is 3.05. The van der Waals surface area contributed by atoms with Crippen molar-refractivity contribution in [2.75, 3.05) is 6.61 Å². The molecule has 0 unspecified atom stereocenters. The second-order valence-corrected chi connectivity index (χ2v) is 5.34. The largest absolute Gasteiger partial charge is 0.490 e. The summed E-state index contributed by atoms with van der Waals surface area (Å²) in [5.41, 5.74) is 3.35. The number of benzene rings is 2. The number of hydrazone groups is 1. The second-order valence-electron chi connectivity index (χ2n) is 5.34. The lowest BCUT2D eigenvalue weighted by Gasteiger charge is -2.03. The van der Waals surface area contributed by atoms with Gasteiger partial charge in [-0.05, 0) is 38.1 Å². The summed E-state index contributed by atoms with van der Waals surface area (Å²) < 4.78 is 24.9. The molecule has 0 aliphatic carbocycles. The molecule has 0 saturated carbocycles. The molecule has 0 aliphatic rings. The highest BCUT2D eigenvalue weighted by atomic mass is 19.1. The van der Waals surface area contributed by atoms with Gasteiger partial charge in [0.1, 0.15) is 11.5 Å². The Morgan fingerprint density at radius 2 is 2.04 bits per heavy atom. The summed E-state index contributed by atoms with van der Waals surface area (Å²) in [6.07, 6.45) is 0. The van der Waals surface area contributed by atoms with E-state index >= 15 is 0 Å². The minimum absolute atomic E-state index is 0.0673. The van der Waals surface area contributed by atoms with Crippen molar-refractivity contribution in [1.29, 1.82) is 0 Å². The highest BCUT2D eigenvalue weighted by Gasteiger charge is 2.13. The number of amides is 1. The standard InChI is InChI=1S/C19H17FN2O3/c1-3-24-16-10-6-7-13-11-17(25-18(13)16)12(2)21-22-19(23)14-8-4-5-9-15(14)20/h4-11H,3H2,1-2H3,(H,22,23)/b21-12-. The molecule has 1 N–H and O–H groups in total. The molecule has 5 nitrogen and oxygen atoms in total. The first-order valence-electron chi connectivity index (χ1n) is 7.85. The van der Waals surface area contributed by atoms with E-state index in [2.05, 4.69) is 10.5 Å². The quantitative estimate of drug-likeness (QED) is 0.561. The zero-order valence-corrected chi connectivity index (χ0v) is 13.9. The molecule has 0 bridgehead atoms. The Morgan fingerprint density at radius 1 is 1.24 bits per heavy atom. The van der Waals surface area contributed by atoms with E-state index in [0.29, 0.717) is 29.4 Å². The Kier molecular flexibility index (Phi) is 4.79. The van der Waals surface area contributed by atoms with E-state index in [4.69, 9.17) is 9.15 Å². The molecule has 3 aromatic rings. The second kappa shape index (κ2) is 7.17. The Bertz CT molecular complexity index is 947. The third-order valence-corrected chi connectivity index (χ3v) is 3.61. The molecular formula is C19H17FN2O3. The zero-order valence-electron chi connectivity index (χ0n) is 13.9. The van der Waals surface area contributed by atoms with E-state index < -0.39 is 11.7 Å². The maximum Gasteiger partial charge on any atom is 0.274 e. The Hall–Kier alpha value is -3.15. The first kappa shape index (κ1) is 16.7. The van der Waals surface area contributed by atoms with Crippen molar-refractivity contribution in [3.05, 3.63) is 65.7 Å². The van der Waals surface area contributed by atoms with Gasteiger partial charge in [-0.1, -0.05) is 24.3 Å². The maximum atomic E-state index is 13.6. The third-order valence-electron chi connectivity index (χ3n) is 3.61. The van der Waals surface area contributed by atoms with Crippen LogP contribution in [0.1, 0.15) is 30.0 Å². The van der Waals surface area contributed by atoms with Gasteiger partial charge in [0, 0.05) is 5.39 Å². The van der Waals surface area contributed by atoms with Gasteiger partial charge in [0.05, 0.1) is 12.2 Å². The highest BCUT2D eigenvalue weighted by Crippen LogP contribution is 2.29. The molecule has 128 valence electrons. The van der Waals surface area contributed by atoms with E-state index in [1.165, 1.54) is 18.2 Å². The van der Waals surface area contributed by atoms with Crippen LogP contribution in [-0.2, 0) is 0 Å². The fraction of sp³-hybridized carbons (Fsp3) is 0.158. The summed E-state index contributed by atoms with van der Waals surface area (Å²) in [7, 11) is 0. The fourth-order valence-corrected chi connectivity index (χ4v) is 2.38. The number of carbonyl (C=O) groups is 1. The predicted molar refractivity (Wildman–Crippen MR) is 93.5 cm³/mol. The number of fused-ring (bicyclic) bond motifs is 1.